The molecule has 2 aromatic rings. The van der Waals surface area contributed by atoms with Gasteiger partial charge in [-0.3, -0.25) is 4.79 Å². The number of aromatic nitrogens is 2. The van der Waals surface area contributed by atoms with Crippen molar-refractivity contribution >= 4 is 5.91 Å². The predicted molar refractivity (Wildman–Crippen MR) is 98.1 cm³/mol. The molecule has 1 amide bonds. The second-order valence-electron chi connectivity index (χ2n) is 6.90. The lowest BCUT2D eigenvalue weighted by Crippen LogP contribution is -2.50. The third kappa shape index (κ3) is 3.97. The maximum absolute atomic E-state index is 12.8. The van der Waals surface area contributed by atoms with E-state index in [1.54, 1.807) is 0 Å². The van der Waals surface area contributed by atoms with Crippen LogP contribution in [0.2, 0.25) is 0 Å². The molecule has 142 valence electrons. The molecule has 0 aliphatic carbocycles. The molecule has 1 atom stereocenters. The van der Waals surface area contributed by atoms with Crippen LogP contribution >= 0.6 is 0 Å². The Morgan fingerprint density at radius 2 is 1.89 bits per heavy atom. The minimum atomic E-state index is -0.593. The van der Waals surface area contributed by atoms with Crippen LogP contribution in [0.15, 0.2) is 30.3 Å². The van der Waals surface area contributed by atoms with Crippen LogP contribution in [0.4, 0.5) is 0 Å². The number of rotatable bonds is 3. The van der Waals surface area contributed by atoms with Gasteiger partial charge in [0.25, 0.3) is 5.91 Å². The van der Waals surface area contributed by atoms with Gasteiger partial charge in [0.15, 0.2) is 11.5 Å². The lowest BCUT2D eigenvalue weighted by Gasteiger charge is -2.35. The van der Waals surface area contributed by atoms with Crippen molar-refractivity contribution in [3.05, 3.63) is 41.9 Å². The number of nitrogens with zero attached hydrogens (tertiary/aromatic N) is 3. The predicted octanol–water partition coefficient (Wildman–Crippen LogP) is 2.30. The average Bonchev–Trinajstić information content (AvgIpc) is 2.67. The molecule has 1 saturated heterocycles. The summed E-state index contributed by atoms with van der Waals surface area (Å²) in [7, 11) is 0. The van der Waals surface area contributed by atoms with Crippen molar-refractivity contribution in [2.45, 2.75) is 38.9 Å². The van der Waals surface area contributed by atoms with E-state index in [1.807, 2.05) is 49.1 Å². The third-order valence-electron chi connectivity index (χ3n) is 4.77. The van der Waals surface area contributed by atoms with Crippen LogP contribution in [-0.2, 0) is 4.79 Å². The topological polar surface area (TPSA) is 73.8 Å². The largest absolute Gasteiger partial charge is 0.485 e. The number of carbonyl (C=O) groups excluding carboxylic acids is 1. The molecule has 1 fully saturated rings. The number of aryl methyl sites for hydroxylation is 2. The van der Waals surface area contributed by atoms with E-state index in [0.717, 1.165) is 18.5 Å². The van der Waals surface area contributed by atoms with Crippen LogP contribution in [-0.4, -0.2) is 52.7 Å². The highest BCUT2D eigenvalue weighted by Crippen LogP contribution is 2.31. The van der Waals surface area contributed by atoms with Crippen LogP contribution in [0.3, 0.4) is 0 Å². The molecule has 7 heteroatoms. The first-order chi connectivity index (χ1) is 13.1. The number of carbonyl (C=O) groups is 1. The molecule has 0 N–H and O–H groups in total. The van der Waals surface area contributed by atoms with Gasteiger partial charge in [-0.25, -0.2) is 4.98 Å². The zero-order chi connectivity index (χ0) is 18.8. The SMILES string of the molecule is Cc1cc(OC2CCN(C(=O)[C@@H]3COc4ccccc4O3)CC2)nc(C)n1. The minimum Gasteiger partial charge on any atom is -0.485 e. The number of para-hydroxylation sites is 2. The molecule has 27 heavy (non-hydrogen) atoms. The Hall–Kier alpha value is -2.83. The van der Waals surface area contributed by atoms with Crippen LogP contribution in [0, 0.1) is 13.8 Å². The van der Waals surface area contributed by atoms with Gasteiger partial charge < -0.3 is 19.1 Å². The number of piperidine rings is 1. The molecule has 1 aromatic carbocycles. The number of amides is 1. The van der Waals surface area contributed by atoms with Gasteiger partial charge in [-0.2, -0.15) is 4.98 Å². The highest BCUT2D eigenvalue weighted by molar-refractivity contribution is 5.82. The Morgan fingerprint density at radius 1 is 1.15 bits per heavy atom. The highest BCUT2D eigenvalue weighted by atomic mass is 16.6. The molecular formula is C20H23N3O4. The van der Waals surface area contributed by atoms with Crippen molar-refractivity contribution in [1.29, 1.82) is 0 Å². The molecule has 0 unspecified atom stereocenters. The molecule has 2 aliphatic heterocycles. The number of ether oxygens (including phenoxy) is 3. The van der Waals surface area contributed by atoms with Crippen molar-refractivity contribution < 1.29 is 19.0 Å². The summed E-state index contributed by atoms with van der Waals surface area (Å²) in [6.07, 6.45) is 0.979. The molecule has 4 rings (SSSR count). The Balaban J connectivity index is 1.32. The van der Waals surface area contributed by atoms with Gasteiger partial charge in [0, 0.05) is 37.7 Å². The Morgan fingerprint density at radius 3 is 2.63 bits per heavy atom. The lowest BCUT2D eigenvalue weighted by molar-refractivity contribution is -0.143. The summed E-state index contributed by atoms with van der Waals surface area (Å²) in [5.41, 5.74) is 0.889. The van der Waals surface area contributed by atoms with Gasteiger partial charge in [0.1, 0.15) is 18.5 Å². The van der Waals surface area contributed by atoms with Gasteiger partial charge in [-0.1, -0.05) is 12.1 Å². The molecule has 2 aliphatic rings. The van der Waals surface area contributed by atoms with Crippen molar-refractivity contribution in [3.63, 3.8) is 0 Å². The first-order valence-electron chi connectivity index (χ1n) is 9.25. The fourth-order valence-corrected chi connectivity index (χ4v) is 3.45. The molecule has 0 bridgehead atoms. The normalized spacial score (nSPS) is 19.6. The quantitative estimate of drug-likeness (QED) is 0.827. The summed E-state index contributed by atoms with van der Waals surface area (Å²) in [5.74, 6) is 2.58. The van der Waals surface area contributed by atoms with Crippen LogP contribution in [0.25, 0.3) is 0 Å². The standard InChI is InChI=1S/C20H23N3O4/c1-13-11-19(22-14(2)21-13)26-15-7-9-23(10-8-15)20(24)18-12-25-16-5-3-4-6-17(16)27-18/h3-6,11,15,18H,7-10,12H2,1-2H3/t18-/m0/s1. The van der Waals surface area contributed by atoms with Crippen LogP contribution < -0.4 is 14.2 Å². The number of hydrogen-bond donors (Lipinski definition) is 0. The summed E-state index contributed by atoms with van der Waals surface area (Å²) >= 11 is 0. The van der Waals surface area contributed by atoms with E-state index < -0.39 is 6.10 Å². The molecular weight excluding hydrogens is 346 g/mol. The van der Waals surface area contributed by atoms with Gasteiger partial charge in [0.2, 0.25) is 12.0 Å². The Labute approximate surface area is 158 Å². The second kappa shape index (κ2) is 7.42. The molecule has 1 aromatic heterocycles. The average molecular weight is 369 g/mol. The Kier molecular flexibility index (Phi) is 4.83. The number of hydrogen-bond acceptors (Lipinski definition) is 6. The second-order valence-corrected chi connectivity index (χ2v) is 6.90. The first kappa shape index (κ1) is 17.6. The van der Waals surface area contributed by atoms with E-state index in [-0.39, 0.29) is 18.6 Å². The molecule has 0 spiro atoms. The molecule has 3 heterocycles. The molecule has 7 nitrogen and oxygen atoms in total. The lowest BCUT2D eigenvalue weighted by atomic mass is 10.1. The van der Waals surface area contributed by atoms with Gasteiger partial charge >= 0.3 is 0 Å². The minimum absolute atomic E-state index is 0.0309. The van der Waals surface area contributed by atoms with Crippen molar-refractivity contribution in [1.82, 2.24) is 14.9 Å². The zero-order valence-corrected chi connectivity index (χ0v) is 15.6. The highest BCUT2D eigenvalue weighted by Gasteiger charge is 2.33. The van der Waals surface area contributed by atoms with Gasteiger partial charge in [0.05, 0.1) is 0 Å². The summed E-state index contributed by atoms with van der Waals surface area (Å²) in [4.78, 5) is 23.2. The van der Waals surface area contributed by atoms with E-state index in [1.165, 1.54) is 0 Å². The van der Waals surface area contributed by atoms with E-state index in [4.69, 9.17) is 14.2 Å². The smallest absolute Gasteiger partial charge is 0.267 e. The summed E-state index contributed by atoms with van der Waals surface area (Å²) in [5, 5.41) is 0. The summed E-state index contributed by atoms with van der Waals surface area (Å²) < 4.78 is 17.5. The van der Waals surface area contributed by atoms with Crippen LogP contribution in [0.1, 0.15) is 24.4 Å². The number of likely N-dealkylation sites (tertiary alicyclic amines) is 1. The van der Waals surface area contributed by atoms with Gasteiger partial charge in [-0.05, 0) is 26.0 Å². The summed E-state index contributed by atoms with van der Waals surface area (Å²) in [6, 6.07) is 9.26. The first-order valence-corrected chi connectivity index (χ1v) is 9.25. The van der Waals surface area contributed by atoms with Crippen molar-refractivity contribution in [2.75, 3.05) is 19.7 Å². The molecule has 0 saturated carbocycles. The van der Waals surface area contributed by atoms with Gasteiger partial charge in [-0.15, -0.1) is 0 Å². The maximum Gasteiger partial charge on any atom is 0.267 e. The molecule has 0 radical (unpaired) electrons. The number of fused-ring (bicyclic) bond motifs is 1. The van der Waals surface area contributed by atoms with Crippen molar-refractivity contribution in [3.8, 4) is 17.4 Å². The fraction of sp³-hybridized carbons (Fsp3) is 0.450. The summed E-state index contributed by atoms with van der Waals surface area (Å²) in [6.45, 7) is 5.28. The fourth-order valence-electron chi connectivity index (χ4n) is 3.45. The van der Waals surface area contributed by atoms with Crippen molar-refractivity contribution in [2.24, 2.45) is 0 Å². The Bertz CT molecular complexity index is 813. The van der Waals surface area contributed by atoms with Crippen LogP contribution in [0.5, 0.6) is 17.4 Å². The zero-order valence-electron chi connectivity index (χ0n) is 15.6. The van der Waals surface area contributed by atoms with E-state index in [2.05, 4.69) is 9.97 Å². The maximum atomic E-state index is 12.8. The number of benzene rings is 1. The van der Waals surface area contributed by atoms with E-state index in [0.29, 0.717) is 36.3 Å². The third-order valence-corrected chi connectivity index (χ3v) is 4.77. The monoisotopic (exact) mass is 369 g/mol. The van der Waals surface area contributed by atoms with E-state index >= 15 is 0 Å². The van der Waals surface area contributed by atoms with E-state index in [9.17, 15) is 4.79 Å².